The fraction of sp³-hybridized carbons (Fsp3) is 0.611. The predicted molar refractivity (Wildman–Crippen MR) is 86.6 cm³/mol. The Balaban J connectivity index is 4.15. The van der Waals surface area contributed by atoms with E-state index in [2.05, 4.69) is 40.0 Å². The zero-order valence-corrected chi connectivity index (χ0v) is 13.6. The monoisotopic (exact) mass is 278 g/mol. The van der Waals surface area contributed by atoms with Crippen molar-refractivity contribution in [3.05, 3.63) is 36.0 Å². The standard InChI is InChI=1S/C18H30O2/c1-7-18(19)20-13-12-16(6)9-11-17(15(4)5)10-8-14(2)3/h9,17H,2,4,7-8,10-13H2,1,3,5-6H3/b16-9-. The van der Waals surface area contributed by atoms with Crippen LogP contribution in [0.1, 0.15) is 59.8 Å². The van der Waals surface area contributed by atoms with Gasteiger partial charge >= 0.3 is 5.97 Å². The lowest BCUT2D eigenvalue weighted by Gasteiger charge is -2.15. The van der Waals surface area contributed by atoms with Crippen LogP contribution >= 0.6 is 0 Å². The van der Waals surface area contributed by atoms with E-state index >= 15 is 0 Å². The number of ether oxygens (including phenoxy) is 1. The summed E-state index contributed by atoms with van der Waals surface area (Å²) in [5.41, 5.74) is 3.73. The summed E-state index contributed by atoms with van der Waals surface area (Å²) < 4.78 is 5.09. The maximum Gasteiger partial charge on any atom is 0.305 e. The van der Waals surface area contributed by atoms with Crippen molar-refractivity contribution in [3.8, 4) is 0 Å². The van der Waals surface area contributed by atoms with Crippen molar-refractivity contribution in [2.45, 2.75) is 59.8 Å². The van der Waals surface area contributed by atoms with Crippen LogP contribution in [-0.4, -0.2) is 12.6 Å². The van der Waals surface area contributed by atoms with Crippen LogP contribution < -0.4 is 0 Å². The molecule has 2 nitrogen and oxygen atoms in total. The lowest BCUT2D eigenvalue weighted by atomic mass is 9.90. The summed E-state index contributed by atoms with van der Waals surface area (Å²) in [4.78, 5) is 11.0. The summed E-state index contributed by atoms with van der Waals surface area (Å²) in [5, 5.41) is 0. The molecule has 0 fully saturated rings. The molecule has 0 amide bonds. The highest BCUT2D eigenvalue weighted by Crippen LogP contribution is 2.22. The number of carbonyl (C=O) groups is 1. The van der Waals surface area contributed by atoms with Crippen molar-refractivity contribution in [1.82, 2.24) is 0 Å². The largest absolute Gasteiger partial charge is 0.465 e. The minimum Gasteiger partial charge on any atom is -0.465 e. The summed E-state index contributed by atoms with van der Waals surface area (Å²) in [5.74, 6) is 0.388. The van der Waals surface area contributed by atoms with Gasteiger partial charge in [0.1, 0.15) is 0 Å². The van der Waals surface area contributed by atoms with Gasteiger partial charge in [-0.25, -0.2) is 0 Å². The molecule has 0 aromatic heterocycles. The Hall–Kier alpha value is -1.31. The normalized spacial score (nSPS) is 12.9. The summed E-state index contributed by atoms with van der Waals surface area (Å²) >= 11 is 0. The van der Waals surface area contributed by atoms with E-state index < -0.39 is 0 Å². The molecule has 0 N–H and O–H groups in total. The highest BCUT2D eigenvalue weighted by atomic mass is 16.5. The summed E-state index contributed by atoms with van der Waals surface area (Å²) in [7, 11) is 0. The summed E-state index contributed by atoms with van der Waals surface area (Å²) in [6.07, 6.45) is 6.68. The molecule has 0 spiro atoms. The molecule has 0 rings (SSSR count). The molecule has 0 saturated heterocycles. The van der Waals surface area contributed by atoms with Crippen molar-refractivity contribution in [3.63, 3.8) is 0 Å². The van der Waals surface area contributed by atoms with Gasteiger partial charge in [0, 0.05) is 12.8 Å². The van der Waals surface area contributed by atoms with Crippen LogP contribution in [-0.2, 0) is 9.53 Å². The maximum absolute atomic E-state index is 11.0. The van der Waals surface area contributed by atoms with Gasteiger partial charge in [0.25, 0.3) is 0 Å². The zero-order valence-electron chi connectivity index (χ0n) is 13.6. The molecule has 0 heterocycles. The zero-order chi connectivity index (χ0) is 15.5. The molecule has 1 atom stereocenters. The lowest BCUT2D eigenvalue weighted by molar-refractivity contribution is -0.143. The molecule has 0 bridgehead atoms. The van der Waals surface area contributed by atoms with Gasteiger partial charge < -0.3 is 4.74 Å². The Labute approximate surface area is 124 Å². The van der Waals surface area contributed by atoms with E-state index in [0.29, 0.717) is 18.9 Å². The van der Waals surface area contributed by atoms with Gasteiger partial charge in [0.2, 0.25) is 0 Å². The highest BCUT2D eigenvalue weighted by Gasteiger charge is 2.08. The smallest absolute Gasteiger partial charge is 0.305 e. The third kappa shape index (κ3) is 9.60. The topological polar surface area (TPSA) is 26.3 Å². The van der Waals surface area contributed by atoms with E-state index in [0.717, 1.165) is 25.7 Å². The number of carbonyl (C=O) groups excluding carboxylic acids is 1. The molecule has 0 aliphatic rings. The minimum atomic E-state index is -0.126. The third-order valence-electron chi connectivity index (χ3n) is 3.42. The average molecular weight is 278 g/mol. The van der Waals surface area contributed by atoms with E-state index in [1.807, 2.05) is 6.92 Å². The number of allylic oxidation sites excluding steroid dienone is 3. The molecule has 2 heteroatoms. The van der Waals surface area contributed by atoms with E-state index in [-0.39, 0.29) is 5.97 Å². The summed E-state index contributed by atoms with van der Waals surface area (Å²) in [6.45, 7) is 16.6. The fourth-order valence-corrected chi connectivity index (χ4v) is 1.86. The predicted octanol–water partition coefficient (Wildman–Crippen LogP) is 5.21. The highest BCUT2D eigenvalue weighted by molar-refractivity contribution is 5.68. The van der Waals surface area contributed by atoms with Crippen LogP contribution in [0.4, 0.5) is 0 Å². The molecule has 0 aromatic carbocycles. The van der Waals surface area contributed by atoms with Crippen molar-refractivity contribution >= 4 is 5.97 Å². The van der Waals surface area contributed by atoms with Crippen LogP contribution in [0.5, 0.6) is 0 Å². The molecule has 20 heavy (non-hydrogen) atoms. The second kappa shape index (κ2) is 10.5. The second-order valence-corrected chi connectivity index (χ2v) is 5.65. The molecule has 0 aliphatic carbocycles. The van der Waals surface area contributed by atoms with Gasteiger partial charge in [-0.1, -0.05) is 36.3 Å². The van der Waals surface area contributed by atoms with Crippen LogP contribution in [0.3, 0.4) is 0 Å². The van der Waals surface area contributed by atoms with E-state index in [1.54, 1.807) is 0 Å². The molecule has 0 radical (unpaired) electrons. The number of esters is 1. The quantitative estimate of drug-likeness (QED) is 0.405. The SMILES string of the molecule is C=C(C)CCC(C/C=C(/C)CCOC(=O)CC)C(=C)C. The first-order chi connectivity index (χ1) is 9.36. The van der Waals surface area contributed by atoms with Crippen LogP contribution in [0, 0.1) is 5.92 Å². The number of hydrogen-bond donors (Lipinski definition) is 0. The van der Waals surface area contributed by atoms with Gasteiger partial charge in [-0.3, -0.25) is 4.79 Å². The third-order valence-corrected chi connectivity index (χ3v) is 3.42. The van der Waals surface area contributed by atoms with Crippen molar-refractivity contribution in [2.75, 3.05) is 6.61 Å². The van der Waals surface area contributed by atoms with Crippen LogP contribution in [0.15, 0.2) is 36.0 Å². The Morgan fingerprint density at radius 2 is 1.85 bits per heavy atom. The molecule has 1 unspecified atom stereocenters. The maximum atomic E-state index is 11.0. The number of rotatable bonds is 10. The molecule has 0 aromatic rings. The van der Waals surface area contributed by atoms with Crippen molar-refractivity contribution in [1.29, 1.82) is 0 Å². The van der Waals surface area contributed by atoms with Crippen LogP contribution in [0.25, 0.3) is 0 Å². The van der Waals surface area contributed by atoms with Gasteiger partial charge in [-0.05, 0) is 46.0 Å². The molecular formula is C18H30O2. The molecular weight excluding hydrogens is 248 g/mol. The van der Waals surface area contributed by atoms with E-state index in [1.165, 1.54) is 16.7 Å². The second-order valence-electron chi connectivity index (χ2n) is 5.65. The van der Waals surface area contributed by atoms with Gasteiger partial charge in [-0.15, -0.1) is 6.58 Å². The Morgan fingerprint density at radius 3 is 2.35 bits per heavy atom. The Bertz CT molecular complexity index is 364. The first-order valence-corrected chi connectivity index (χ1v) is 7.47. The molecule has 0 saturated carbocycles. The van der Waals surface area contributed by atoms with E-state index in [9.17, 15) is 4.79 Å². The average Bonchev–Trinajstić information content (AvgIpc) is 2.37. The lowest BCUT2D eigenvalue weighted by Crippen LogP contribution is -2.04. The first-order valence-electron chi connectivity index (χ1n) is 7.47. The molecule has 0 aliphatic heterocycles. The van der Waals surface area contributed by atoms with E-state index in [4.69, 9.17) is 4.74 Å². The van der Waals surface area contributed by atoms with Crippen molar-refractivity contribution < 1.29 is 9.53 Å². The Morgan fingerprint density at radius 1 is 1.20 bits per heavy atom. The number of hydrogen-bond acceptors (Lipinski definition) is 2. The van der Waals surface area contributed by atoms with Crippen LogP contribution in [0.2, 0.25) is 0 Å². The van der Waals surface area contributed by atoms with Gasteiger partial charge in [0.15, 0.2) is 0 Å². The fourth-order valence-electron chi connectivity index (χ4n) is 1.86. The molecule has 114 valence electrons. The van der Waals surface area contributed by atoms with Crippen molar-refractivity contribution in [2.24, 2.45) is 5.92 Å². The Kier molecular flexibility index (Phi) is 9.79. The summed E-state index contributed by atoms with van der Waals surface area (Å²) in [6, 6.07) is 0. The first kappa shape index (κ1) is 18.7. The van der Waals surface area contributed by atoms with Gasteiger partial charge in [-0.2, -0.15) is 0 Å². The minimum absolute atomic E-state index is 0.126. The van der Waals surface area contributed by atoms with Gasteiger partial charge in [0.05, 0.1) is 6.61 Å².